The maximum atomic E-state index is 13.9. The van der Waals surface area contributed by atoms with Crippen molar-refractivity contribution in [2.75, 3.05) is 25.0 Å². The van der Waals surface area contributed by atoms with Gasteiger partial charge >= 0.3 is 0 Å². The molecule has 0 fully saturated rings. The number of nitrogens with one attached hydrogen (secondary N) is 1. The number of likely N-dealkylation sites (N-methyl/N-ethyl adjacent to an activating group) is 2. The second-order valence-electron chi connectivity index (χ2n) is 5.35. The van der Waals surface area contributed by atoms with Gasteiger partial charge in [-0.3, -0.25) is 0 Å². The molecule has 0 aliphatic heterocycles. The fourth-order valence-electron chi connectivity index (χ4n) is 2.47. The topological polar surface area (TPSA) is 15.3 Å². The third-order valence-corrected chi connectivity index (χ3v) is 3.65. The Labute approximate surface area is 126 Å². The zero-order chi connectivity index (χ0) is 15.2. The Bertz CT molecular complexity index is 566. The van der Waals surface area contributed by atoms with E-state index in [9.17, 15) is 4.39 Å². The molecular weight excluding hydrogens is 263 g/mol. The zero-order valence-corrected chi connectivity index (χ0v) is 12.9. The normalized spacial score (nSPS) is 12.2. The summed E-state index contributed by atoms with van der Waals surface area (Å²) in [6.45, 7) is 5.77. The van der Waals surface area contributed by atoms with Gasteiger partial charge in [0.15, 0.2) is 0 Å². The molecule has 3 heteroatoms. The highest BCUT2D eigenvalue weighted by atomic mass is 19.1. The van der Waals surface area contributed by atoms with E-state index >= 15 is 0 Å². The van der Waals surface area contributed by atoms with Crippen molar-refractivity contribution in [2.24, 2.45) is 0 Å². The van der Waals surface area contributed by atoms with Crippen molar-refractivity contribution in [3.8, 4) is 0 Å². The minimum absolute atomic E-state index is 0.181. The average molecular weight is 286 g/mol. The SMILES string of the molecule is CCNC(CN(C)c1ccccc1F)c1ccc(C)cc1. The first-order valence-electron chi connectivity index (χ1n) is 7.37. The Morgan fingerprint density at radius 1 is 1.10 bits per heavy atom. The Kier molecular flexibility index (Phi) is 5.34. The molecule has 0 amide bonds. The van der Waals surface area contributed by atoms with Crippen LogP contribution in [0.5, 0.6) is 0 Å². The number of anilines is 1. The molecule has 0 heterocycles. The van der Waals surface area contributed by atoms with Gasteiger partial charge in [0, 0.05) is 19.6 Å². The van der Waals surface area contributed by atoms with Gasteiger partial charge in [-0.1, -0.05) is 48.9 Å². The molecule has 1 atom stereocenters. The van der Waals surface area contributed by atoms with Gasteiger partial charge in [0.2, 0.25) is 0 Å². The minimum atomic E-state index is -0.181. The summed E-state index contributed by atoms with van der Waals surface area (Å²) in [6.07, 6.45) is 0. The monoisotopic (exact) mass is 286 g/mol. The summed E-state index contributed by atoms with van der Waals surface area (Å²) in [6, 6.07) is 15.6. The van der Waals surface area contributed by atoms with E-state index in [1.807, 2.05) is 24.1 Å². The first-order chi connectivity index (χ1) is 10.1. The molecule has 0 saturated heterocycles. The quantitative estimate of drug-likeness (QED) is 0.866. The highest BCUT2D eigenvalue weighted by Gasteiger charge is 2.15. The molecule has 0 spiro atoms. The molecule has 0 aliphatic carbocycles. The van der Waals surface area contributed by atoms with Crippen LogP contribution in [0.4, 0.5) is 10.1 Å². The fourth-order valence-corrected chi connectivity index (χ4v) is 2.47. The first-order valence-corrected chi connectivity index (χ1v) is 7.37. The van der Waals surface area contributed by atoms with Crippen LogP contribution in [0, 0.1) is 12.7 Å². The van der Waals surface area contributed by atoms with Gasteiger partial charge in [0.1, 0.15) is 5.82 Å². The fraction of sp³-hybridized carbons (Fsp3) is 0.333. The molecule has 112 valence electrons. The number of para-hydroxylation sites is 1. The van der Waals surface area contributed by atoms with Crippen molar-refractivity contribution < 1.29 is 4.39 Å². The van der Waals surface area contributed by atoms with Gasteiger partial charge in [-0.2, -0.15) is 0 Å². The average Bonchev–Trinajstić information content (AvgIpc) is 2.48. The van der Waals surface area contributed by atoms with E-state index in [0.717, 1.165) is 13.1 Å². The number of hydrogen-bond donors (Lipinski definition) is 1. The van der Waals surface area contributed by atoms with Crippen molar-refractivity contribution in [3.63, 3.8) is 0 Å². The van der Waals surface area contributed by atoms with Crippen LogP contribution in [0.3, 0.4) is 0 Å². The maximum Gasteiger partial charge on any atom is 0.146 e. The molecule has 0 radical (unpaired) electrons. The summed E-state index contributed by atoms with van der Waals surface area (Å²) in [7, 11) is 1.93. The van der Waals surface area contributed by atoms with Crippen LogP contribution in [-0.4, -0.2) is 20.1 Å². The minimum Gasteiger partial charge on any atom is -0.370 e. The van der Waals surface area contributed by atoms with Crippen molar-refractivity contribution in [1.82, 2.24) is 5.32 Å². The predicted molar refractivity (Wildman–Crippen MR) is 87.3 cm³/mol. The van der Waals surface area contributed by atoms with Gasteiger partial charge in [-0.25, -0.2) is 4.39 Å². The lowest BCUT2D eigenvalue weighted by Gasteiger charge is -2.27. The third-order valence-electron chi connectivity index (χ3n) is 3.65. The molecule has 2 aromatic carbocycles. The standard InChI is InChI=1S/C18H23FN2/c1-4-20-17(15-11-9-14(2)10-12-15)13-21(3)18-8-6-5-7-16(18)19/h5-12,17,20H,4,13H2,1-3H3. The lowest BCUT2D eigenvalue weighted by atomic mass is 10.0. The largest absolute Gasteiger partial charge is 0.370 e. The molecule has 21 heavy (non-hydrogen) atoms. The van der Waals surface area contributed by atoms with Crippen LogP contribution in [-0.2, 0) is 0 Å². The van der Waals surface area contributed by atoms with Crippen LogP contribution in [0.2, 0.25) is 0 Å². The van der Waals surface area contributed by atoms with Crippen molar-refractivity contribution in [3.05, 3.63) is 65.5 Å². The molecule has 2 nitrogen and oxygen atoms in total. The summed E-state index contributed by atoms with van der Waals surface area (Å²) in [5.41, 5.74) is 3.11. The number of hydrogen-bond acceptors (Lipinski definition) is 2. The predicted octanol–water partition coefficient (Wildman–Crippen LogP) is 3.92. The van der Waals surface area contributed by atoms with Crippen molar-refractivity contribution in [1.29, 1.82) is 0 Å². The molecular formula is C18H23FN2. The van der Waals surface area contributed by atoms with E-state index in [1.165, 1.54) is 17.2 Å². The third kappa shape index (κ3) is 4.05. The van der Waals surface area contributed by atoms with Crippen LogP contribution >= 0.6 is 0 Å². The molecule has 1 N–H and O–H groups in total. The van der Waals surface area contributed by atoms with Crippen molar-refractivity contribution in [2.45, 2.75) is 19.9 Å². The van der Waals surface area contributed by atoms with Crippen LogP contribution in [0.25, 0.3) is 0 Å². The Balaban J connectivity index is 2.16. The number of halogens is 1. The molecule has 2 aromatic rings. The first kappa shape index (κ1) is 15.5. The van der Waals surface area contributed by atoms with Crippen LogP contribution in [0.1, 0.15) is 24.1 Å². The highest BCUT2D eigenvalue weighted by Crippen LogP contribution is 2.21. The van der Waals surface area contributed by atoms with Gasteiger partial charge in [-0.15, -0.1) is 0 Å². The van der Waals surface area contributed by atoms with Gasteiger partial charge < -0.3 is 10.2 Å². The number of rotatable bonds is 6. The highest BCUT2D eigenvalue weighted by molar-refractivity contribution is 5.47. The lowest BCUT2D eigenvalue weighted by Crippen LogP contribution is -2.33. The van der Waals surface area contributed by atoms with Gasteiger partial charge in [0.25, 0.3) is 0 Å². The summed E-state index contributed by atoms with van der Waals surface area (Å²) >= 11 is 0. The molecule has 0 saturated carbocycles. The van der Waals surface area contributed by atoms with Gasteiger partial charge in [-0.05, 0) is 31.2 Å². The summed E-state index contributed by atoms with van der Waals surface area (Å²) in [5, 5.41) is 3.47. The zero-order valence-electron chi connectivity index (χ0n) is 12.9. The summed E-state index contributed by atoms with van der Waals surface area (Å²) in [5.74, 6) is -0.181. The van der Waals surface area contributed by atoms with E-state index in [2.05, 4.69) is 43.4 Å². The second-order valence-corrected chi connectivity index (χ2v) is 5.35. The number of benzene rings is 2. The maximum absolute atomic E-state index is 13.9. The van der Waals surface area contributed by atoms with Crippen LogP contribution in [0.15, 0.2) is 48.5 Å². The van der Waals surface area contributed by atoms with Crippen LogP contribution < -0.4 is 10.2 Å². The van der Waals surface area contributed by atoms with Crippen molar-refractivity contribution >= 4 is 5.69 Å². The Morgan fingerprint density at radius 3 is 2.38 bits per heavy atom. The molecule has 0 aromatic heterocycles. The molecule has 1 unspecified atom stereocenters. The van der Waals surface area contributed by atoms with E-state index in [0.29, 0.717) is 5.69 Å². The second kappa shape index (κ2) is 7.23. The van der Waals surface area contributed by atoms with E-state index in [-0.39, 0.29) is 11.9 Å². The molecule has 2 rings (SSSR count). The molecule has 0 aliphatic rings. The van der Waals surface area contributed by atoms with E-state index in [1.54, 1.807) is 6.07 Å². The smallest absolute Gasteiger partial charge is 0.146 e. The Hall–Kier alpha value is -1.87. The van der Waals surface area contributed by atoms with E-state index < -0.39 is 0 Å². The summed E-state index contributed by atoms with van der Waals surface area (Å²) in [4.78, 5) is 1.96. The van der Waals surface area contributed by atoms with E-state index in [4.69, 9.17) is 0 Å². The molecule has 0 bridgehead atoms. The van der Waals surface area contributed by atoms with Gasteiger partial charge in [0.05, 0.1) is 5.69 Å². The number of aryl methyl sites for hydroxylation is 1. The Morgan fingerprint density at radius 2 is 1.76 bits per heavy atom. The summed E-state index contributed by atoms with van der Waals surface area (Å²) < 4.78 is 13.9. The number of nitrogens with zero attached hydrogens (tertiary/aromatic N) is 1. The lowest BCUT2D eigenvalue weighted by molar-refractivity contribution is 0.543.